The second kappa shape index (κ2) is 8.84. The Morgan fingerprint density at radius 2 is 1.84 bits per heavy atom. The number of rotatable bonds is 5. The fourth-order valence-corrected chi connectivity index (χ4v) is 4.36. The third-order valence-electron chi connectivity index (χ3n) is 5.15. The van der Waals surface area contributed by atoms with Crippen LogP contribution in [0.3, 0.4) is 0 Å². The lowest BCUT2D eigenvalue weighted by Gasteiger charge is -2.12. The summed E-state index contributed by atoms with van der Waals surface area (Å²) in [4.78, 5) is 43.3. The van der Waals surface area contributed by atoms with Gasteiger partial charge in [-0.2, -0.15) is 0 Å². The maximum absolute atomic E-state index is 12.8. The highest BCUT2D eigenvalue weighted by Gasteiger charge is 2.36. The highest BCUT2D eigenvalue weighted by molar-refractivity contribution is 8.18. The van der Waals surface area contributed by atoms with Crippen LogP contribution < -0.4 is 5.32 Å². The molecule has 1 aliphatic heterocycles. The molecule has 0 saturated carbocycles. The van der Waals surface area contributed by atoms with Crippen LogP contribution in [0.15, 0.2) is 59.6 Å². The minimum Gasteiger partial charge on any atom is -0.325 e. The van der Waals surface area contributed by atoms with Gasteiger partial charge in [0.25, 0.3) is 11.1 Å². The van der Waals surface area contributed by atoms with E-state index in [2.05, 4.69) is 10.3 Å². The van der Waals surface area contributed by atoms with Gasteiger partial charge in [0.2, 0.25) is 5.91 Å². The number of nitrogens with one attached hydrogen (secondary N) is 1. The summed E-state index contributed by atoms with van der Waals surface area (Å²) in [6.07, 6.45) is 3.42. The summed E-state index contributed by atoms with van der Waals surface area (Å²) in [5.74, 6) is -0.115. The Hall–Kier alpha value is -3.65. The predicted molar refractivity (Wildman–Crippen MR) is 126 cm³/mol. The summed E-state index contributed by atoms with van der Waals surface area (Å²) in [7, 11) is 0. The van der Waals surface area contributed by atoms with E-state index in [4.69, 9.17) is 0 Å². The molecule has 0 aliphatic carbocycles. The first kappa shape index (κ1) is 21.6. The molecular weight excluding hydrogens is 424 g/mol. The van der Waals surface area contributed by atoms with Gasteiger partial charge in [-0.05, 0) is 74.5 Å². The molecule has 162 valence electrons. The maximum Gasteiger partial charge on any atom is 0.294 e. The molecule has 8 heteroatoms. The third kappa shape index (κ3) is 4.36. The molecule has 0 atom stereocenters. The van der Waals surface area contributed by atoms with Gasteiger partial charge in [0.05, 0.1) is 4.91 Å². The molecule has 0 spiro atoms. The highest BCUT2D eigenvalue weighted by Crippen LogP contribution is 2.33. The summed E-state index contributed by atoms with van der Waals surface area (Å²) in [5.41, 5.74) is 4.38. The number of nitrogens with zero attached hydrogens (tertiary/aromatic N) is 3. The molecule has 3 heterocycles. The molecule has 0 unspecified atom stereocenters. The number of pyridine rings is 1. The molecule has 3 amide bonds. The number of hydrogen-bond acceptors (Lipinski definition) is 5. The van der Waals surface area contributed by atoms with E-state index in [-0.39, 0.29) is 6.54 Å². The molecule has 1 fully saturated rings. The zero-order valence-electron chi connectivity index (χ0n) is 18.0. The summed E-state index contributed by atoms with van der Waals surface area (Å²) in [6, 6.07) is 14.9. The number of amides is 3. The molecule has 0 bridgehead atoms. The second-order valence-electron chi connectivity index (χ2n) is 7.53. The highest BCUT2D eigenvalue weighted by atomic mass is 32.2. The van der Waals surface area contributed by atoms with Gasteiger partial charge in [0, 0.05) is 23.3 Å². The van der Waals surface area contributed by atoms with Gasteiger partial charge in [-0.15, -0.1) is 0 Å². The van der Waals surface area contributed by atoms with Crippen molar-refractivity contribution in [3.05, 3.63) is 82.1 Å². The van der Waals surface area contributed by atoms with Gasteiger partial charge >= 0.3 is 0 Å². The van der Waals surface area contributed by atoms with Crippen molar-refractivity contribution in [1.29, 1.82) is 0 Å². The van der Waals surface area contributed by atoms with E-state index in [1.165, 1.54) is 0 Å². The van der Waals surface area contributed by atoms with Crippen LogP contribution in [0.25, 0.3) is 11.9 Å². The van der Waals surface area contributed by atoms with Crippen molar-refractivity contribution >= 4 is 40.6 Å². The molecule has 0 radical (unpaired) electrons. The molecule has 1 aromatic carbocycles. The molecule has 4 rings (SSSR count). The standard InChI is InChI=1S/C24H22N4O3S/c1-15-7-9-19(10-8-15)26-22(29)14-27-23(30)20(32-24(27)31)13-18-12-16(2)28(17(18)3)21-6-4-5-11-25-21/h4-13H,14H2,1-3H3,(H,26,29)/b20-13-. The van der Waals surface area contributed by atoms with Crippen LogP contribution >= 0.6 is 11.8 Å². The average molecular weight is 447 g/mol. The largest absolute Gasteiger partial charge is 0.325 e. The number of hydrogen-bond donors (Lipinski definition) is 1. The van der Waals surface area contributed by atoms with Crippen LogP contribution in [0.1, 0.15) is 22.5 Å². The van der Waals surface area contributed by atoms with Crippen molar-refractivity contribution in [2.75, 3.05) is 11.9 Å². The first-order chi connectivity index (χ1) is 15.3. The van der Waals surface area contributed by atoms with Crippen molar-refractivity contribution in [2.45, 2.75) is 20.8 Å². The zero-order chi connectivity index (χ0) is 22.8. The van der Waals surface area contributed by atoms with E-state index < -0.39 is 17.1 Å². The van der Waals surface area contributed by atoms with Gasteiger partial charge in [-0.1, -0.05) is 23.8 Å². The molecule has 3 aromatic rings. The van der Waals surface area contributed by atoms with E-state index in [0.717, 1.165) is 45.0 Å². The third-order valence-corrected chi connectivity index (χ3v) is 6.05. The number of aryl methyl sites for hydroxylation is 2. The lowest BCUT2D eigenvalue weighted by atomic mass is 10.2. The Morgan fingerprint density at radius 3 is 2.53 bits per heavy atom. The minimum absolute atomic E-state index is 0.291. The van der Waals surface area contributed by atoms with E-state index in [1.807, 2.05) is 61.7 Å². The van der Waals surface area contributed by atoms with Gasteiger partial charge in [-0.25, -0.2) is 4.98 Å². The Balaban J connectivity index is 1.51. The number of carbonyl (C=O) groups excluding carboxylic acids is 3. The van der Waals surface area contributed by atoms with Crippen molar-refractivity contribution in [3.8, 4) is 5.82 Å². The Kier molecular flexibility index (Phi) is 5.96. The number of benzene rings is 1. The first-order valence-corrected chi connectivity index (χ1v) is 10.9. The lowest BCUT2D eigenvalue weighted by Crippen LogP contribution is -2.36. The summed E-state index contributed by atoms with van der Waals surface area (Å²) < 4.78 is 1.99. The Bertz CT molecular complexity index is 1230. The van der Waals surface area contributed by atoms with Crippen molar-refractivity contribution in [2.24, 2.45) is 0 Å². The van der Waals surface area contributed by atoms with Crippen molar-refractivity contribution in [1.82, 2.24) is 14.5 Å². The monoisotopic (exact) mass is 446 g/mol. The summed E-state index contributed by atoms with van der Waals surface area (Å²) in [5, 5.41) is 2.26. The van der Waals surface area contributed by atoms with E-state index in [1.54, 1.807) is 24.4 Å². The van der Waals surface area contributed by atoms with E-state index in [9.17, 15) is 14.4 Å². The Labute approximate surface area is 190 Å². The number of aromatic nitrogens is 2. The van der Waals surface area contributed by atoms with Crippen molar-refractivity contribution in [3.63, 3.8) is 0 Å². The molecule has 1 aliphatic rings. The molecule has 2 aromatic heterocycles. The van der Waals surface area contributed by atoms with Crippen LogP contribution in [-0.2, 0) is 9.59 Å². The first-order valence-electron chi connectivity index (χ1n) is 10.1. The molecule has 32 heavy (non-hydrogen) atoms. The quantitative estimate of drug-likeness (QED) is 0.585. The summed E-state index contributed by atoms with van der Waals surface area (Å²) >= 11 is 0.840. The topological polar surface area (TPSA) is 84.3 Å². The second-order valence-corrected chi connectivity index (χ2v) is 8.53. The van der Waals surface area contributed by atoms with Gasteiger partial charge in [0.15, 0.2) is 0 Å². The molecule has 1 N–H and O–H groups in total. The van der Waals surface area contributed by atoms with Gasteiger partial charge in [-0.3, -0.25) is 19.3 Å². The molecular formula is C24H22N4O3S. The van der Waals surface area contributed by atoms with E-state index in [0.29, 0.717) is 10.6 Å². The smallest absolute Gasteiger partial charge is 0.294 e. The number of carbonyl (C=O) groups is 3. The van der Waals surface area contributed by atoms with Gasteiger partial charge < -0.3 is 9.88 Å². The van der Waals surface area contributed by atoms with Crippen LogP contribution in [-0.4, -0.2) is 38.0 Å². The van der Waals surface area contributed by atoms with Crippen molar-refractivity contribution < 1.29 is 14.4 Å². The van der Waals surface area contributed by atoms with Crippen LogP contribution in [0.4, 0.5) is 10.5 Å². The fraction of sp³-hybridized carbons (Fsp3) is 0.167. The zero-order valence-corrected chi connectivity index (χ0v) is 18.8. The molecule has 7 nitrogen and oxygen atoms in total. The predicted octanol–water partition coefficient (Wildman–Crippen LogP) is 4.47. The maximum atomic E-state index is 12.8. The fourth-order valence-electron chi connectivity index (χ4n) is 3.53. The number of anilines is 1. The number of imide groups is 1. The summed E-state index contributed by atoms with van der Waals surface area (Å²) in [6.45, 7) is 5.52. The van der Waals surface area contributed by atoms with Crippen LogP contribution in [0.2, 0.25) is 0 Å². The van der Waals surface area contributed by atoms with E-state index >= 15 is 0 Å². The number of thioether (sulfide) groups is 1. The van der Waals surface area contributed by atoms with Crippen LogP contribution in [0.5, 0.6) is 0 Å². The Morgan fingerprint density at radius 1 is 1.09 bits per heavy atom. The van der Waals surface area contributed by atoms with Crippen LogP contribution in [0, 0.1) is 20.8 Å². The normalized spacial score (nSPS) is 15.0. The molecule has 1 saturated heterocycles. The lowest BCUT2D eigenvalue weighted by molar-refractivity contribution is -0.127. The average Bonchev–Trinajstić information content (AvgIpc) is 3.19. The SMILES string of the molecule is Cc1ccc(NC(=O)CN2C(=O)S/C(=C\c3cc(C)n(-c4ccccn4)c3C)C2=O)cc1. The minimum atomic E-state index is -0.471. The van der Waals surface area contributed by atoms with Gasteiger partial charge in [0.1, 0.15) is 12.4 Å².